The minimum absolute atomic E-state index is 0.0687. The van der Waals surface area contributed by atoms with Crippen LogP contribution in [0.2, 0.25) is 0 Å². The van der Waals surface area contributed by atoms with E-state index < -0.39 is 0 Å². The Bertz CT molecular complexity index is 971. The van der Waals surface area contributed by atoms with Crippen molar-refractivity contribution >= 4 is 0 Å². The Labute approximate surface area is 191 Å². The van der Waals surface area contributed by atoms with Gasteiger partial charge in [0.05, 0.1) is 39.5 Å². The molecule has 0 unspecified atom stereocenters. The fraction of sp³-hybridized carbons (Fsp3) is 0.538. The molecule has 0 saturated carbocycles. The number of methoxy groups -OCH3 is 4. The highest BCUT2D eigenvalue weighted by Gasteiger charge is 2.53. The normalized spacial score (nSPS) is 26.9. The quantitative estimate of drug-likeness (QED) is 0.727. The van der Waals surface area contributed by atoms with Gasteiger partial charge in [-0.2, -0.15) is 0 Å². The zero-order valence-corrected chi connectivity index (χ0v) is 20.1. The molecule has 0 radical (unpaired) electrons. The van der Waals surface area contributed by atoms with E-state index in [2.05, 4.69) is 47.9 Å². The number of hydrogen-bond donors (Lipinski definition) is 0. The molecule has 2 atom stereocenters. The van der Waals surface area contributed by atoms with Crippen molar-refractivity contribution in [3.05, 3.63) is 46.5 Å². The Hall–Kier alpha value is -2.44. The number of piperazine rings is 1. The summed E-state index contributed by atoms with van der Waals surface area (Å²) in [6, 6.07) is 8.75. The van der Waals surface area contributed by atoms with Crippen LogP contribution < -0.4 is 18.9 Å². The number of ether oxygens (including phenoxy) is 4. The molecular formula is C26H34N2O4. The van der Waals surface area contributed by atoms with Gasteiger partial charge >= 0.3 is 0 Å². The lowest BCUT2D eigenvalue weighted by Gasteiger charge is -2.61. The van der Waals surface area contributed by atoms with Crippen LogP contribution in [0.1, 0.15) is 36.1 Å². The van der Waals surface area contributed by atoms with E-state index in [0.29, 0.717) is 0 Å². The number of fused-ring (bicyclic) bond motifs is 6. The smallest absolute Gasteiger partial charge is 0.161 e. The second-order valence-corrected chi connectivity index (χ2v) is 9.62. The summed E-state index contributed by atoms with van der Waals surface area (Å²) in [6.07, 6.45) is 2.03. The summed E-state index contributed by atoms with van der Waals surface area (Å²) in [5.74, 6) is 3.25. The highest BCUT2D eigenvalue weighted by atomic mass is 16.5. The SMILES string of the molecule is COc1cc2c(cc1OC)[C@@]1(C)CN3CCc4cc(OC)c(OC)cc4[C@@]3(C)CN1CC2. The molecule has 1 saturated heterocycles. The Morgan fingerprint density at radius 1 is 0.594 bits per heavy atom. The van der Waals surface area contributed by atoms with Gasteiger partial charge in [-0.3, -0.25) is 9.80 Å². The van der Waals surface area contributed by atoms with Gasteiger partial charge in [-0.1, -0.05) is 0 Å². The van der Waals surface area contributed by atoms with E-state index in [0.717, 1.165) is 62.0 Å². The number of hydrogen-bond acceptors (Lipinski definition) is 6. The minimum atomic E-state index is -0.0687. The van der Waals surface area contributed by atoms with Crippen LogP contribution >= 0.6 is 0 Å². The highest BCUT2D eigenvalue weighted by molar-refractivity contribution is 5.53. The van der Waals surface area contributed by atoms with Crippen molar-refractivity contribution in [1.82, 2.24) is 9.80 Å². The van der Waals surface area contributed by atoms with Gasteiger partial charge in [0.15, 0.2) is 23.0 Å². The molecule has 0 amide bonds. The summed E-state index contributed by atoms with van der Waals surface area (Å²) >= 11 is 0. The summed E-state index contributed by atoms with van der Waals surface area (Å²) in [6.45, 7) is 8.79. The maximum absolute atomic E-state index is 5.66. The van der Waals surface area contributed by atoms with Gasteiger partial charge in [0.2, 0.25) is 0 Å². The third-order valence-corrected chi connectivity index (χ3v) is 8.07. The summed E-state index contributed by atoms with van der Waals surface area (Å²) in [7, 11) is 6.85. The molecule has 0 bridgehead atoms. The molecule has 2 aromatic carbocycles. The third kappa shape index (κ3) is 2.92. The van der Waals surface area contributed by atoms with Crippen LogP contribution in [0.5, 0.6) is 23.0 Å². The van der Waals surface area contributed by atoms with E-state index in [1.165, 1.54) is 22.3 Å². The Balaban J connectivity index is 1.57. The number of benzene rings is 2. The van der Waals surface area contributed by atoms with Crippen LogP contribution in [0.25, 0.3) is 0 Å². The maximum atomic E-state index is 5.66. The first-order valence-corrected chi connectivity index (χ1v) is 11.4. The average Bonchev–Trinajstić information content (AvgIpc) is 2.81. The summed E-state index contributed by atoms with van der Waals surface area (Å²) in [5.41, 5.74) is 5.33. The van der Waals surface area contributed by atoms with Gasteiger partial charge in [-0.25, -0.2) is 0 Å². The molecule has 0 N–H and O–H groups in total. The Morgan fingerprint density at radius 2 is 0.938 bits per heavy atom. The molecule has 32 heavy (non-hydrogen) atoms. The largest absolute Gasteiger partial charge is 0.493 e. The summed E-state index contributed by atoms with van der Waals surface area (Å²) in [5, 5.41) is 0. The second-order valence-electron chi connectivity index (χ2n) is 9.62. The van der Waals surface area contributed by atoms with Gasteiger partial charge in [-0.05, 0) is 73.2 Å². The molecule has 0 spiro atoms. The minimum Gasteiger partial charge on any atom is -0.493 e. The van der Waals surface area contributed by atoms with E-state index in [-0.39, 0.29) is 11.1 Å². The fourth-order valence-corrected chi connectivity index (χ4v) is 6.22. The monoisotopic (exact) mass is 438 g/mol. The first-order valence-electron chi connectivity index (χ1n) is 11.4. The van der Waals surface area contributed by atoms with E-state index in [1.807, 2.05) is 0 Å². The molecule has 3 heterocycles. The summed E-state index contributed by atoms with van der Waals surface area (Å²) in [4.78, 5) is 5.34. The topological polar surface area (TPSA) is 43.4 Å². The van der Waals surface area contributed by atoms with Crippen LogP contribution in [0.4, 0.5) is 0 Å². The van der Waals surface area contributed by atoms with Gasteiger partial charge in [0.1, 0.15) is 0 Å². The zero-order valence-electron chi connectivity index (χ0n) is 20.1. The predicted molar refractivity (Wildman–Crippen MR) is 124 cm³/mol. The lowest BCUT2D eigenvalue weighted by Crippen LogP contribution is -2.69. The summed E-state index contributed by atoms with van der Waals surface area (Å²) < 4.78 is 22.5. The van der Waals surface area contributed by atoms with Gasteiger partial charge in [0, 0.05) is 26.2 Å². The third-order valence-electron chi connectivity index (χ3n) is 8.07. The Morgan fingerprint density at radius 3 is 1.28 bits per heavy atom. The zero-order chi connectivity index (χ0) is 22.7. The van der Waals surface area contributed by atoms with Crippen molar-refractivity contribution in [2.45, 2.75) is 37.8 Å². The first kappa shape index (κ1) is 21.4. The van der Waals surface area contributed by atoms with Gasteiger partial charge < -0.3 is 18.9 Å². The molecule has 3 aliphatic rings. The number of rotatable bonds is 4. The van der Waals surface area contributed by atoms with E-state index in [9.17, 15) is 0 Å². The van der Waals surface area contributed by atoms with Crippen molar-refractivity contribution in [2.24, 2.45) is 0 Å². The van der Waals surface area contributed by atoms with Crippen LogP contribution in [0.15, 0.2) is 24.3 Å². The van der Waals surface area contributed by atoms with Crippen molar-refractivity contribution in [2.75, 3.05) is 54.6 Å². The molecule has 0 aromatic heterocycles. The van der Waals surface area contributed by atoms with E-state index in [4.69, 9.17) is 18.9 Å². The average molecular weight is 439 g/mol. The molecule has 0 aliphatic carbocycles. The Kier molecular flexibility index (Phi) is 5.06. The fourth-order valence-electron chi connectivity index (χ4n) is 6.22. The van der Waals surface area contributed by atoms with Crippen molar-refractivity contribution < 1.29 is 18.9 Å². The lowest BCUT2D eigenvalue weighted by atomic mass is 9.72. The van der Waals surface area contributed by atoms with Gasteiger partial charge in [0.25, 0.3) is 0 Å². The maximum Gasteiger partial charge on any atom is 0.161 e. The van der Waals surface area contributed by atoms with Gasteiger partial charge in [-0.15, -0.1) is 0 Å². The highest BCUT2D eigenvalue weighted by Crippen LogP contribution is 2.50. The van der Waals surface area contributed by atoms with Crippen molar-refractivity contribution in [3.8, 4) is 23.0 Å². The van der Waals surface area contributed by atoms with Crippen LogP contribution in [-0.4, -0.2) is 64.4 Å². The predicted octanol–water partition coefficient (Wildman–Crippen LogP) is 3.58. The van der Waals surface area contributed by atoms with Crippen molar-refractivity contribution in [1.29, 1.82) is 0 Å². The molecule has 6 nitrogen and oxygen atoms in total. The molecule has 3 aliphatic heterocycles. The first-order chi connectivity index (χ1) is 15.4. The number of nitrogens with zero attached hydrogens (tertiary/aromatic N) is 2. The lowest BCUT2D eigenvalue weighted by molar-refractivity contribution is -0.0870. The van der Waals surface area contributed by atoms with Crippen LogP contribution in [-0.2, 0) is 23.9 Å². The second kappa shape index (κ2) is 7.56. The molecule has 6 heteroatoms. The molecule has 2 aromatic rings. The molecule has 1 fully saturated rings. The molecular weight excluding hydrogens is 404 g/mol. The molecule has 172 valence electrons. The van der Waals surface area contributed by atoms with E-state index >= 15 is 0 Å². The van der Waals surface area contributed by atoms with E-state index in [1.54, 1.807) is 28.4 Å². The van der Waals surface area contributed by atoms with Crippen LogP contribution in [0.3, 0.4) is 0 Å². The standard InChI is InChI=1S/C26H34N2O4/c1-25-15-28-10-8-18-12-22(30-4)24(32-6)14-20(18)26(28,2)16-27(25)9-7-17-11-21(29-3)23(31-5)13-19(17)25/h11-14H,7-10,15-16H2,1-6H3/t25-,26-/m1/s1. The molecule has 5 rings (SSSR count). The van der Waals surface area contributed by atoms with Crippen LogP contribution in [0, 0.1) is 0 Å². The van der Waals surface area contributed by atoms with Crippen molar-refractivity contribution in [3.63, 3.8) is 0 Å².